The van der Waals surface area contributed by atoms with Gasteiger partial charge in [0.1, 0.15) is 18.1 Å². The number of nitrogens with one attached hydrogen (secondary N) is 4. The molecular weight excluding hydrogens is 572 g/mol. The molecule has 1 aromatic heterocycles. The zero-order chi connectivity index (χ0) is 31.2. The molecule has 0 unspecified atom stereocenters. The molecule has 11 N–H and O–H groups in total. The number of guanidine groups is 1. The van der Waals surface area contributed by atoms with Gasteiger partial charge in [-0.25, -0.2) is 4.98 Å². The van der Waals surface area contributed by atoms with Crippen LogP contribution in [0.3, 0.4) is 0 Å². The summed E-state index contributed by atoms with van der Waals surface area (Å²) in [5.74, 6) is -4.88. The summed E-state index contributed by atoms with van der Waals surface area (Å²) >= 11 is 1.000. The molecule has 17 nitrogen and oxygen atoms in total. The maximum absolute atomic E-state index is 13.6. The van der Waals surface area contributed by atoms with Gasteiger partial charge in [0.05, 0.1) is 25.1 Å². The first-order valence-corrected chi connectivity index (χ1v) is 14.1. The van der Waals surface area contributed by atoms with Crippen LogP contribution in [-0.4, -0.2) is 101 Å². The highest BCUT2D eigenvalue weighted by Gasteiger charge is 2.32. The number of carboxylic acid groups (broad SMARTS) is 1. The first kappa shape index (κ1) is 33.9. The number of rotatable bonds is 10. The van der Waals surface area contributed by atoms with Gasteiger partial charge in [0.2, 0.25) is 29.5 Å². The summed E-state index contributed by atoms with van der Waals surface area (Å²) in [4.78, 5) is 85.7. The van der Waals surface area contributed by atoms with E-state index in [1.165, 1.54) is 17.3 Å². The van der Waals surface area contributed by atoms with E-state index < -0.39 is 66.6 Å². The Kier molecular flexibility index (Phi) is 13.6. The number of carbonyl (C=O) groups is 6. The Morgan fingerprint density at radius 3 is 2.45 bits per heavy atom. The number of nitrogens with zero attached hydrogens (tertiary/aromatic N) is 3. The topological polar surface area (TPSA) is 277 Å². The lowest BCUT2D eigenvalue weighted by Crippen LogP contribution is -2.55. The van der Waals surface area contributed by atoms with E-state index in [1.807, 2.05) is 0 Å². The van der Waals surface area contributed by atoms with Gasteiger partial charge in [-0.15, -0.1) is 11.3 Å². The van der Waals surface area contributed by atoms with Crippen molar-refractivity contribution in [3.05, 3.63) is 11.1 Å². The Morgan fingerprint density at radius 1 is 1.07 bits per heavy atom. The third-order valence-corrected chi connectivity index (χ3v) is 7.01. The Labute approximate surface area is 246 Å². The van der Waals surface area contributed by atoms with Gasteiger partial charge in [0, 0.05) is 19.0 Å². The van der Waals surface area contributed by atoms with E-state index in [4.69, 9.17) is 17.2 Å². The predicted octanol–water partition coefficient (Wildman–Crippen LogP) is -2.79. The number of anilines is 1. The molecule has 1 aliphatic rings. The minimum absolute atomic E-state index is 0.0840. The standard InChI is InChI=1S/C24H38N10O7S/c1-34-16(6-4-8-28-23(26)27)21(40)29-11-18(36)32-15(10-19(37)38)20(39)33-24-30-13(12-42-24)9-17(35)31-14(22(34)41)5-2-3-7-25/h12,14-16H,2-11,25H2,1H3,(H,29,40)(H,31,35)(H,32,36)(H,37,38)(H4,26,27,28)(H,30,33,39)/t14-,15+,16+/m1/s1. The Hall–Kier alpha value is -4.32. The van der Waals surface area contributed by atoms with Gasteiger partial charge in [-0.2, -0.15) is 0 Å². The van der Waals surface area contributed by atoms with E-state index in [1.54, 1.807) is 0 Å². The number of thiazole rings is 1. The monoisotopic (exact) mass is 610 g/mol. The van der Waals surface area contributed by atoms with Crippen molar-refractivity contribution in [2.75, 3.05) is 32.0 Å². The van der Waals surface area contributed by atoms with Crippen molar-refractivity contribution < 1.29 is 33.9 Å². The SMILES string of the molecule is CN1C(=O)[C@@H](CCCCN)NC(=O)Cc2csc(n2)NC(=O)[C@H](CC(=O)O)NC(=O)CNC(=O)[C@@H]1CCCN=C(N)N. The molecule has 2 bridgehead atoms. The maximum atomic E-state index is 13.6. The van der Waals surface area contributed by atoms with E-state index in [0.717, 1.165) is 11.3 Å². The number of hydrogen-bond acceptors (Lipinski definition) is 10. The van der Waals surface area contributed by atoms with Crippen LogP contribution >= 0.6 is 11.3 Å². The van der Waals surface area contributed by atoms with Gasteiger partial charge in [-0.3, -0.25) is 33.8 Å². The Morgan fingerprint density at radius 2 is 1.79 bits per heavy atom. The summed E-state index contributed by atoms with van der Waals surface area (Å²) in [7, 11) is 1.41. The molecule has 0 saturated carbocycles. The minimum atomic E-state index is -1.48. The number of amides is 5. The van der Waals surface area contributed by atoms with Gasteiger partial charge in [0.15, 0.2) is 11.1 Å². The zero-order valence-corrected chi connectivity index (χ0v) is 24.1. The first-order chi connectivity index (χ1) is 19.9. The van der Waals surface area contributed by atoms with Crippen molar-refractivity contribution >= 4 is 57.9 Å². The van der Waals surface area contributed by atoms with Crippen LogP contribution in [0.4, 0.5) is 5.13 Å². The number of likely N-dealkylation sites (N-methyl/N-ethyl adjacent to an activating group) is 1. The van der Waals surface area contributed by atoms with Crippen LogP contribution in [0.2, 0.25) is 0 Å². The summed E-state index contributed by atoms with van der Waals surface area (Å²) in [5, 5.41) is 20.7. The normalized spacial score (nSPS) is 20.9. The number of unbranched alkanes of at least 4 members (excludes halogenated alkanes) is 1. The van der Waals surface area contributed by atoms with Crippen molar-refractivity contribution in [1.29, 1.82) is 0 Å². The molecule has 0 spiro atoms. The third kappa shape index (κ3) is 11.3. The van der Waals surface area contributed by atoms with Crippen LogP contribution in [0.25, 0.3) is 0 Å². The second kappa shape index (κ2) is 16.8. The number of nitrogens with two attached hydrogens (primary N) is 3. The van der Waals surface area contributed by atoms with E-state index in [0.29, 0.717) is 31.5 Å². The van der Waals surface area contributed by atoms with Crippen molar-refractivity contribution in [3.8, 4) is 0 Å². The fraction of sp³-hybridized carbons (Fsp3) is 0.583. The summed E-state index contributed by atoms with van der Waals surface area (Å²) in [6, 6.07) is -3.53. The average molecular weight is 611 g/mol. The largest absolute Gasteiger partial charge is 0.481 e. The molecule has 1 aromatic rings. The maximum Gasteiger partial charge on any atom is 0.305 e. The molecule has 18 heteroatoms. The van der Waals surface area contributed by atoms with Gasteiger partial charge < -0.3 is 48.5 Å². The van der Waals surface area contributed by atoms with Crippen molar-refractivity contribution in [2.24, 2.45) is 22.2 Å². The molecule has 0 saturated heterocycles. The highest BCUT2D eigenvalue weighted by atomic mass is 32.1. The molecule has 0 aliphatic carbocycles. The van der Waals surface area contributed by atoms with Crippen molar-refractivity contribution in [2.45, 2.75) is 63.1 Å². The number of aliphatic carboxylic acids is 1. The summed E-state index contributed by atoms with van der Waals surface area (Å²) in [5.41, 5.74) is 16.6. The molecule has 0 radical (unpaired) electrons. The second-order valence-corrected chi connectivity index (χ2v) is 10.4. The molecule has 232 valence electrons. The van der Waals surface area contributed by atoms with Crippen molar-refractivity contribution in [1.82, 2.24) is 25.8 Å². The number of carbonyl (C=O) groups excluding carboxylic acids is 5. The Balaban J connectivity index is 2.39. The van der Waals surface area contributed by atoms with Crippen LogP contribution in [0.15, 0.2) is 10.4 Å². The highest BCUT2D eigenvalue weighted by molar-refractivity contribution is 7.14. The van der Waals surface area contributed by atoms with Crippen LogP contribution in [-0.2, 0) is 35.2 Å². The highest BCUT2D eigenvalue weighted by Crippen LogP contribution is 2.17. The summed E-state index contributed by atoms with van der Waals surface area (Å²) in [6.45, 7) is -0.0388. The lowest BCUT2D eigenvalue weighted by atomic mass is 10.0. The predicted molar refractivity (Wildman–Crippen MR) is 153 cm³/mol. The molecule has 3 atom stereocenters. The van der Waals surface area contributed by atoms with E-state index >= 15 is 0 Å². The first-order valence-electron chi connectivity index (χ1n) is 13.3. The Bertz CT molecular complexity index is 1170. The number of aliphatic imine (C=N–C) groups is 1. The van der Waals surface area contributed by atoms with Crippen LogP contribution < -0.4 is 38.5 Å². The third-order valence-electron chi connectivity index (χ3n) is 6.21. The van der Waals surface area contributed by atoms with Gasteiger partial charge >= 0.3 is 5.97 Å². The van der Waals surface area contributed by atoms with Crippen LogP contribution in [0.1, 0.15) is 44.2 Å². The molecule has 2 rings (SSSR count). The van der Waals surface area contributed by atoms with E-state index in [9.17, 15) is 33.9 Å². The second-order valence-electron chi connectivity index (χ2n) is 9.56. The smallest absolute Gasteiger partial charge is 0.305 e. The zero-order valence-electron chi connectivity index (χ0n) is 23.3. The minimum Gasteiger partial charge on any atom is -0.481 e. The van der Waals surface area contributed by atoms with Crippen LogP contribution in [0, 0.1) is 0 Å². The van der Waals surface area contributed by atoms with Crippen molar-refractivity contribution in [3.63, 3.8) is 0 Å². The molecule has 0 fully saturated rings. The fourth-order valence-electron chi connectivity index (χ4n) is 4.11. The molecular formula is C24H38N10O7S. The molecule has 5 amide bonds. The van der Waals surface area contributed by atoms with E-state index in [-0.39, 0.29) is 36.9 Å². The molecule has 42 heavy (non-hydrogen) atoms. The quantitative estimate of drug-likeness (QED) is 0.0761. The molecule has 2 heterocycles. The molecule has 1 aliphatic heterocycles. The lowest BCUT2D eigenvalue weighted by Gasteiger charge is -2.31. The van der Waals surface area contributed by atoms with E-state index in [2.05, 4.69) is 31.2 Å². The van der Waals surface area contributed by atoms with Gasteiger partial charge in [-0.05, 0) is 38.6 Å². The lowest BCUT2D eigenvalue weighted by molar-refractivity contribution is -0.142. The van der Waals surface area contributed by atoms with Gasteiger partial charge in [-0.1, -0.05) is 0 Å². The summed E-state index contributed by atoms with van der Waals surface area (Å²) in [6.07, 6.45) is 0.876. The average Bonchev–Trinajstić information content (AvgIpc) is 3.35. The number of aromatic nitrogens is 1. The fourth-order valence-corrected chi connectivity index (χ4v) is 4.82. The number of hydrogen-bond donors (Lipinski definition) is 8. The number of carboxylic acids is 1. The summed E-state index contributed by atoms with van der Waals surface area (Å²) < 4.78 is 0. The number of fused-ring (bicyclic) bond motifs is 2. The van der Waals surface area contributed by atoms with Gasteiger partial charge in [0.25, 0.3) is 0 Å². The van der Waals surface area contributed by atoms with Crippen LogP contribution in [0.5, 0.6) is 0 Å². The molecule has 0 aromatic carbocycles.